The molecule has 0 saturated carbocycles. The normalized spacial score (nSPS) is 14.6. The quantitative estimate of drug-likeness (QED) is 0.258. The third-order valence-electron chi connectivity index (χ3n) is 5.48. The maximum Gasteiger partial charge on any atom is 0.169 e. The van der Waals surface area contributed by atoms with Crippen LogP contribution in [0.2, 0.25) is 15.1 Å². The van der Waals surface area contributed by atoms with Gasteiger partial charge in [-0.2, -0.15) is 0 Å². The molecule has 0 spiro atoms. The smallest absolute Gasteiger partial charge is 0.169 e. The molecular weight excluding hydrogens is 529 g/mol. The van der Waals surface area contributed by atoms with E-state index in [0.717, 1.165) is 38.3 Å². The second kappa shape index (κ2) is 12.2. The summed E-state index contributed by atoms with van der Waals surface area (Å²) in [7, 11) is -0.376. The molecule has 0 radical (unpaired) electrons. The SMILES string of the molecule is CN1CCN(c2ccc(C=Cc3cc[n+](C)cc3)cc2)CC1.O=S(=O)([O-])c1cc(Cl)c(Cl)cc1Cl. The van der Waals surface area contributed by atoms with E-state index < -0.39 is 15.0 Å². The van der Waals surface area contributed by atoms with Gasteiger partial charge in [-0.05, 0) is 42.4 Å². The molecule has 0 amide bonds. The Balaban J connectivity index is 0.000000225. The lowest BCUT2D eigenvalue weighted by Crippen LogP contribution is -2.44. The Kier molecular flexibility index (Phi) is 9.58. The molecule has 3 aromatic rings. The summed E-state index contributed by atoms with van der Waals surface area (Å²) in [5, 5.41) is -0.163. The standard InChI is InChI=1S/C19H24N3.C6H3Cl3O3S/c1-20-11-9-18(10-12-20)4-3-17-5-7-19(8-6-17)22-15-13-21(2)14-16-22;7-3-1-5(9)6(2-4(3)8)13(10,11)12/h3-12H,13-16H2,1-2H3;1-2H,(H,10,11,12)/q+1;/p-1. The van der Waals surface area contributed by atoms with Crippen LogP contribution >= 0.6 is 34.8 Å². The molecule has 1 aromatic heterocycles. The van der Waals surface area contributed by atoms with Gasteiger partial charge < -0.3 is 14.4 Å². The molecule has 1 fully saturated rings. The largest absolute Gasteiger partial charge is 0.744 e. The van der Waals surface area contributed by atoms with E-state index in [1.54, 1.807) is 0 Å². The molecule has 0 aliphatic carbocycles. The fourth-order valence-corrected chi connectivity index (χ4v) is 4.83. The average Bonchev–Trinajstić information content (AvgIpc) is 2.82. The molecule has 186 valence electrons. The zero-order chi connectivity index (χ0) is 25.6. The van der Waals surface area contributed by atoms with Crippen molar-refractivity contribution in [3.8, 4) is 0 Å². The van der Waals surface area contributed by atoms with E-state index in [-0.39, 0.29) is 15.1 Å². The van der Waals surface area contributed by atoms with E-state index in [1.807, 2.05) is 11.6 Å². The molecule has 0 atom stereocenters. The first-order valence-corrected chi connectivity index (χ1v) is 13.3. The van der Waals surface area contributed by atoms with E-state index in [2.05, 4.69) is 77.8 Å². The number of benzene rings is 2. The number of piperazine rings is 1. The van der Waals surface area contributed by atoms with Crippen LogP contribution in [0.1, 0.15) is 11.1 Å². The first kappa shape index (κ1) is 27.5. The number of pyridine rings is 1. The summed E-state index contributed by atoms with van der Waals surface area (Å²) in [6.07, 6.45) is 8.46. The van der Waals surface area contributed by atoms with E-state index in [1.165, 1.54) is 16.8 Å². The summed E-state index contributed by atoms with van der Waals surface area (Å²) in [6.45, 7) is 4.53. The highest BCUT2D eigenvalue weighted by Crippen LogP contribution is 2.31. The van der Waals surface area contributed by atoms with Gasteiger partial charge in [0.1, 0.15) is 17.2 Å². The van der Waals surface area contributed by atoms with Crippen molar-refractivity contribution in [2.24, 2.45) is 7.05 Å². The number of rotatable bonds is 4. The van der Waals surface area contributed by atoms with Crippen molar-refractivity contribution >= 4 is 62.8 Å². The molecule has 35 heavy (non-hydrogen) atoms. The summed E-state index contributed by atoms with van der Waals surface area (Å²) in [4.78, 5) is 4.28. The van der Waals surface area contributed by atoms with E-state index in [4.69, 9.17) is 34.8 Å². The van der Waals surface area contributed by atoms with Crippen molar-refractivity contribution < 1.29 is 17.5 Å². The van der Waals surface area contributed by atoms with Gasteiger partial charge in [-0.3, -0.25) is 0 Å². The molecule has 1 saturated heterocycles. The lowest BCUT2D eigenvalue weighted by atomic mass is 10.1. The Morgan fingerprint density at radius 3 is 1.89 bits per heavy atom. The fourth-order valence-electron chi connectivity index (χ4n) is 3.37. The minimum absolute atomic E-state index is 0.0273. The van der Waals surface area contributed by atoms with Gasteiger partial charge in [0.25, 0.3) is 0 Å². The molecule has 2 aromatic carbocycles. The van der Waals surface area contributed by atoms with Gasteiger partial charge in [0, 0.05) is 44.0 Å². The summed E-state index contributed by atoms with van der Waals surface area (Å²) >= 11 is 16.5. The monoisotopic (exact) mass is 553 g/mol. The number of halogens is 3. The number of aromatic nitrogens is 1. The van der Waals surface area contributed by atoms with Crippen LogP contribution in [-0.4, -0.2) is 51.1 Å². The second-order valence-corrected chi connectivity index (χ2v) is 10.7. The molecule has 0 N–H and O–H groups in total. The van der Waals surface area contributed by atoms with Crippen molar-refractivity contribution in [2.45, 2.75) is 4.90 Å². The highest BCUT2D eigenvalue weighted by molar-refractivity contribution is 7.85. The number of aryl methyl sites for hydroxylation is 1. The zero-order valence-corrected chi connectivity index (χ0v) is 22.4. The summed E-state index contributed by atoms with van der Waals surface area (Å²) in [5.74, 6) is 0. The number of nitrogens with zero attached hydrogens (tertiary/aromatic N) is 3. The second-order valence-electron chi connectivity index (χ2n) is 8.16. The first-order chi connectivity index (χ1) is 16.5. The van der Waals surface area contributed by atoms with Crippen molar-refractivity contribution in [3.63, 3.8) is 0 Å². The Labute approximate surface area is 221 Å². The highest BCUT2D eigenvalue weighted by Gasteiger charge is 2.13. The van der Waals surface area contributed by atoms with E-state index in [0.29, 0.717) is 0 Å². The molecule has 0 unspecified atom stereocenters. The van der Waals surface area contributed by atoms with Crippen LogP contribution in [-0.2, 0) is 17.2 Å². The van der Waals surface area contributed by atoms with Crippen LogP contribution in [0.5, 0.6) is 0 Å². The van der Waals surface area contributed by atoms with Crippen molar-refractivity contribution in [2.75, 3.05) is 38.1 Å². The van der Waals surface area contributed by atoms with E-state index in [9.17, 15) is 13.0 Å². The topological polar surface area (TPSA) is 67.6 Å². The predicted octanol–water partition coefficient (Wildman–Crippen LogP) is 4.98. The van der Waals surface area contributed by atoms with E-state index >= 15 is 0 Å². The van der Waals surface area contributed by atoms with Crippen LogP contribution in [0.15, 0.2) is 65.8 Å². The van der Waals surface area contributed by atoms with Crippen LogP contribution in [0.4, 0.5) is 5.69 Å². The summed E-state index contributed by atoms with van der Waals surface area (Å²) in [5.41, 5.74) is 3.80. The molecular formula is C25H26Cl3N3O3S. The Morgan fingerprint density at radius 1 is 0.829 bits per heavy atom. The average molecular weight is 555 g/mol. The van der Waals surface area contributed by atoms with Crippen LogP contribution < -0.4 is 9.47 Å². The van der Waals surface area contributed by atoms with Crippen molar-refractivity contribution in [1.82, 2.24) is 4.90 Å². The van der Waals surface area contributed by atoms with Gasteiger partial charge in [0.05, 0.1) is 20.0 Å². The molecule has 2 heterocycles. The zero-order valence-electron chi connectivity index (χ0n) is 19.4. The van der Waals surface area contributed by atoms with Gasteiger partial charge in [-0.25, -0.2) is 13.0 Å². The molecule has 1 aliphatic rings. The molecule has 4 rings (SSSR count). The molecule has 10 heteroatoms. The number of anilines is 1. The van der Waals surface area contributed by atoms with Gasteiger partial charge >= 0.3 is 0 Å². The van der Waals surface area contributed by atoms with Crippen LogP contribution in [0.25, 0.3) is 12.2 Å². The maximum atomic E-state index is 10.6. The van der Waals surface area contributed by atoms with Gasteiger partial charge in [-0.1, -0.05) is 59.1 Å². The van der Waals surface area contributed by atoms with Crippen molar-refractivity contribution in [3.05, 3.63) is 87.1 Å². The maximum absolute atomic E-state index is 10.6. The lowest BCUT2D eigenvalue weighted by molar-refractivity contribution is -0.671. The Morgan fingerprint density at radius 2 is 1.34 bits per heavy atom. The lowest BCUT2D eigenvalue weighted by Gasteiger charge is -2.34. The van der Waals surface area contributed by atoms with Gasteiger partial charge in [0.15, 0.2) is 12.4 Å². The van der Waals surface area contributed by atoms with Crippen molar-refractivity contribution in [1.29, 1.82) is 0 Å². The molecule has 6 nitrogen and oxygen atoms in total. The number of hydrogen-bond donors (Lipinski definition) is 0. The first-order valence-electron chi connectivity index (χ1n) is 10.8. The fraction of sp³-hybridized carbons (Fsp3) is 0.240. The summed E-state index contributed by atoms with van der Waals surface area (Å²) in [6, 6.07) is 15.1. The third-order valence-corrected chi connectivity index (χ3v) is 7.50. The molecule has 1 aliphatic heterocycles. The van der Waals surface area contributed by atoms with Crippen LogP contribution in [0.3, 0.4) is 0 Å². The highest BCUT2D eigenvalue weighted by atomic mass is 35.5. The third kappa shape index (κ3) is 8.20. The van der Waals surface area contributed by atoms with Gasteiger partial charge in [-0.15, -0.1) is 0 Å². The Bertz CT molecular complexity index is 1270. The van der Waals surface area contributed by atoms with Crippen LogP contribution in [0, 0.1) is 0 Å². The van der Waals surface area contributed by atoms with Gasteiger partial charge in [0.2, 0.25) is 0 Å². The number of hydrogen-bond acceptors (Lipinski definition) is 5. The number of likely N-dealkylation sites (N-methyl/N-ethyl adjacent to an activating group) is 1. The minimum atomic E-state index is -4.60. The summed E-state index contributed by atoms with van der Waals surface area (Å²) < 4.78 is 33.8. The predicted molar refractivity (Wildman–Crippen MR) is 142 cm³/mol. The Hall–Kier alpha value is -2.13. The molecule has 0 bridgehead atoms. The minimum Gasteiger partial charge on any atom is -0.744 e.